The number of carbonyl (C=O) groups excluding carboxylic acids is 1. The molecule has 2 heteroatoms. The molecule has 0 fully saturated rings. The molecule has 0 saturated carbocycles. The van der Waals surface area contributed by atoms with Gasteiger partial charge in [-0.3, -0.25) is 4.79 Å². The van der Waals surface area contributed by atoms with Crippen molar-refractivity contribution in [3.8, 4) is 0 Å². The van der Waals surface area contributed by atoms with E-state index in [4.69, 9.17) is 0 Å². The fourth-order valence-electron chi connectivity index (χ4n) is 2.96. The Balaban J connectivity index is 1.82. The number of carbonyl (C=O) groups is 1. The summed E-state index contributed by atoms with van der Waals surface area (Å²) >= 11 is 3.43. The maximum Gasteiger partial charge on any atom is 0.167 e. The maximum absolute atomic E-state index is 12.4. The first kappa shape index (κ1) is 13.6. The van der Waals surface area contributed by atoms with E-state index >= 15 is 0 Å². The Hall–Kier alpha value is -1.41. The molecule has 0 radical (unpaired) electrons. The maximum atomic E-state index is 12.4. The first-order chi connectivity index (χ1) is 9.63. The van der Waals surface area contributed by atoms with Crippen LogP contribution in [-0.2, 0) is 19.3 Å². The van der Waals surface area contributed by atoms with Gasteiger partial charge in [0.05, 0.1) is 0 Å². The van der Waals surface area contributed by atoms with Gasteiger partial charge < -0.3 is 0 Å². The molecule has 1 aliphatic rings. The molecule has 0 spiro atoms. The Morgan fingerprint density at radius 3 is 2.70 bits per heavy atom. The van der Waals surface area contributed by atoms with Crippen molar-refractivity contribution in [2.45, 2.75) is 32.6 Å². The highest BCUT2D eigenvalue weighted by Crippen LogP contribution is 2.24. The van der Waals surface area contributed by atoms with E-state index in [-0.39, 0.29) is 5.78 Å². The van der Waals surface area contributed by atoms with E-state index in [1.807, 2.05) is 25.1 Å². The number of aryl methyl sites for hydroxylation is 3. The lowest BCUT2D eigenvalue weighted by Gasteiger charge is -2.07. The van der Waals surface area contributed by atoms with Gasteiger partial charge in [-0.15, -0.1) is 0 Å². The van der Waals surface area contributed by atoms with Crippen molar-refractivity contribution >= 4 is 21.7 Å². The molecule has 2 aromatic rings. The predicted molar refractivity (Wildman–Crippen MR) is 85.4 cm³/mol. The van der Waals surface area contributed by atoms with E-state index in [0.29, 0.717) is 6.42 Å². The van der Waals surface area contributed by atoms with Gasteiger partial charge in [0.2, 0.25) is 0 Å². The fraction of sp³-hybridized carbons (Fsp3) is 0.278. The highest BCUT2D eigenvalue weighted by atomic mass is 79.9. The van der Waals surface area contributed by atoms with Gasteiger partial charge in [0.25, 0.3) is 0 Å². The summed E-state index contributed by atoms with van der Waals surface area (Å²) in [5.41, 5.74) is 5.89. The fourth-order valence-corrected chi connectivity index (χ4v) is 3.43. The zero-order valence-electron chi connectivity index (χ0n) is 11.6. The average molecular weight is 329 g/mol. The molecule has 0 atom stereocenters. The highest BCUT2D eigenvalue weighted by Gasteiger charge is 2.14. The minimum atomic E-state index is 0.202. The van der Waals surface area contributed by atoms with Crippen molar-refractivity contribution in [1.29, 1.82) is 0 Å². The molecule has 0 aromatic heterocycles. The topological polar surface area (TPSA) is 17.1 Å². The van der Waals surface area contributed by atoms with Gasteiger partial charge in [-0.25, -0.2) is 0 Å². The van der Waals surface area contributed by atoms with Crippen LogP contribution in [0.1, 0.15) is 39.0 Å². The van der Waals surface area contributed by atoms with E-state index in [2.05, 4.69) is 34.1 Å². The minimum Gasteiger partial charge on any atom is -0.294 e. The normalized spacial score (nSPS) is 13.3. The third kappa shape index (κ3) is 2.71. The van der Waals surface area contributed by atoms with Crippen LogP contribution < -0.4 is 0 Å². The second kappa shape index (κ2) is 5.53. The van der Waals surface area contributed by atoms with E-state index in [9.17, 15) is 4.79 Å². The van der Waals surface area contributed by atoms with Crippen LogP contribution in [0, 0.1) is 6.92 Å². The van der Waals surface area contributed by atoms with Crippen LogP contribution in [-0.4, -0.2) is 5.78 Å². The molecule has 1 aliphatic carbocycles. The van der Waals surface area contributed by atoms with Gasteiger partial charge in [-0.1, -0.05) is 40.2 Å². The molecule has 0 unspecified atom stereocenters. The van der Waals surface area contributed by atoms with Crippen LogP contribution in [0.4, 0.5) is 0 Å². The number of hydrogen-bond acceptors (Lipinski definition) is 1. The quantitative estimate of drug-likeness (QED) is 0.748. The van der Waals surface area contributed by atoms with Crippen LogP contribution >= 0.6 is 15.9 Å². The van der Waals surface area contributed by atoms with E-state index in [1.54, 1.807) is 0 Å². The van der Waals surface area contributed by atoms with Crippen LogP contribution in [0.2, 0.25) is 0 Å². The third-order valence-corrected chi connectivity index (χ3v) is 4.51. The number of Topliss-reactive ketones (excluding diaryl/α,β-unsaturated/α-hetero) is 1. The van der Waals surface area contributed by atoms with Gasteiger partial charge in [-0.05, 0) is 60.6 Å². The molecule has 0 aliphatic heterocycles. The number of fused-ring (bicyclic) bond motifs is 1. The summed E-state index contributed by atoms with van der Waals surface area (Å²) in [5.74, 6) is 0.202. The zero-order valence-corrected chi connectivity index (χ0v) is 13.2. The lowest BCUT2D eigenvalue weighted by Crippen LogP contribution is -2.06. The SMILES string of the molecule is Cc1cc(Br)ccc1C(=O)Cc1ccc2c(c1)CCC2. The first-order valence-electron chi connectivity index (χ1n) is 7.03. The van der Waals surface area contributed by atoms with Crippen molar-refractivity contribution < 1.29 is 4.79 Å². The number of ketones is 1. The predicted octanol–water partition coefficient (Wildman–Crippen LogP) is 4.67. The molecule has 0 heterocycles. The Kier molecular flexibility index (Phi) is 3.75. The molecular formula is C18H17BrO. The molecule has 3 rings (SSSR count). The average Bonchev–Trinajstić information content (AvgIpc) is 2.85. The Morgan fingerprint density at radius 1 is 1.10 bits per heavy atom. The molecule has 0 saturated heterocycles. The van der Waals surface area contributed by atoms with E-state index in [0.717, 1.165) is 27.6 Å². The van der Waals surface area contributed by atoms with Gasteiger partial charge in [0.1, 0.15) is 0 Å². The minimum absolute atomic E-state index is 0.202. The number of rotatable bonds is 3. The summed E-state index contributed by atoms with van der Waals surface area (Å²) in [6.07, 6.45) is 4.10. The van der Waals surface area contributed by atoms with Crippen molar-refractivity contribution in [1.82, 2.24) is 0 Å². The standard InChI is InChI=1S/C18H17BrO/c1-12-9-16(19)7-8-17(12)18(20)11-13-5-6-14-3-2-4-15(14)10-13/h5-10H,2-4,11H2,1H3. The van der Waals surface area contributed by atoms with Crippen LogP contribution in [0.25, 0.3) is 0 Å². The lowest BCUT2D eigenvalue weighted by atomic mass is 9.97. The van der Waals surface area contributed by atoms with Gasteiger partial charge >= 0.3 is 0 Å². The van der Waals surface area contributed by atoms with Crippen LogP contribution in [0.15, 0.2) is 40.9 Å². The second-order valence-corrected chi connectivity index (χ2v) is 6.43. The molecule has 102 valence electrons. The Labute approximate surface area is 128 Å². The first-order valence-corrected chi connectivity index (χ1v) is 7.83. The van der Waals surface area contributed by atoms with Crippen molar-refractivity contribution in [3.63, 3.8) is 0 Å². The van der Waals surface area contributed by atoms with Gasteiger partial charge in [0.15, 0.2) is 5.78 Å². The molecule has 2 aromatic carbocycles. The summed E-state index contributed by atoms with van der Waals surface area (Å²) < 4.78 is 1.02. The second-order valence-electron chi connectivity index (χ2n) is 5.52. The third-order valence-electron chi connectivity index (χ3n) is 4.02. The van der Waals surface area contributed by atoms with Crippen molar-refractivity contribution in [3.05, 3.63) is 68.7 Å². The number of benzene rings is 2. The Morgan fingerprint density at radius 2 is 1.90 bits per heavy atom. The van der Waals surface area contributed by atoms with Gasteiger partial charge in [0, 0.05) is 16.5 Å². The Bertz CT molecular complexity index is 673. The van der Waals surface area contributed by atoms with Crippen molar-refractivity contribution in [2.24, 2.45) is 0 Å². The number of hydrogen-bond donors (Lipinski definition) is 0. The summed E-state index contributed by atoms with van der Waals surface area (Å²) in [7, 11) is 0. The number of halogens is 1. The molecule has 20 heavy (non-hydrogen) atoms. The summed E-state index contributed by atoms with van der Waals surface area (Å²) in [6, 6.07) is 12.4. The largest absolute Gasteiger partial charge is 0.294 e. The summed E-state index contributed by atoms with van der Waals surface area (Å²) in [6.45, 7) is 1.99. The molecule has 0 N–H and O–H groups in total. The van der Waals surface area contributed by atoms with Crippen LogP contribution in [0.5, 0.6) is 0 Å². The molecule has 1 nitrogen and oxygen atoms in total. The van der Waals surface area contributed by atoms with E-state index < -0.39 is 0 Å². The zero-order chi connectivity index (χ0) is 14.1. The molecule has 0 amide bonds. The molecular weight excluding hydrogens is 312 g/mol. The summed E-state index contributed by atoms with van der Waals surface area (Å²) in [5, 5.41) is 0. The van der Waals surface area contributed by atoms with Crippen molar-refractivity contribution in [2.75, 3.05) is 0 Å². The summed E-state index contributed by atoms with van der Waals surface area (Å²) in [4.78, 5) is 12.4. The molecule has 0 bridgehead atoms. The highest BCUT2D eigenvalue weighted by molar-refractivity contribution is 9.10. The van der Waals surface area contributed by atoms with Gasteiger partial charge in [-0.2, -0.15) is 0 Å². The van der Waals surface area contributed by atoms with E-state index in [1.165, 1.54) is 24.0 Å². The van der Waals surface area contributed by atoms with Crippen LogP contribution in [0.3, 0.4) is 0 Å². The smallest absolute Gasteiger partial charge is 0.167 e. The monoisotopic (exact) mass is 328 g/mol. The lowest BCUT2D eigenvalue weighted by molar-refractivity contribution is 0.0992.